The number of amides is 2. The summed E-state index contributed by atoms with van der Waals surface area (Å²) in [4.78, 5) is 29.4. The summed E-state index contributed by atoms with van der Waals surface area (Å²) in [6.07, 6.45) is 0.0545. The molecule has 192 valence electrons. The van der Waals surface area contributed by atoms with Crippen LogP contribution in [0.2, 0.25) is 5.82 Å². The molecule has 1 aromatic carbocycles. The third kappa shape index (κ3) is 5.31. The van der Waals surface area contributed by atoms with E-state index in [9.17, 15) is 9.59 Å². The van der Waals surface area contributed by atoms with Crippen LogP contribution in [0.5, 0.6) is 0 Å². The normalized spacial score (nSPS) is 27.5. The Morgan fingerprint density at radius 2 is 1.60 bits per heavy atom. The molecule has 0 saturated carbocycles. The van der Waals surface area contributed by atoms with Crippen LogP contribution in [0.25, 0.3) is 0 Å². The van der Waals surface area contributed by atoms with Gasteiger partial charge in [0.05, 0.1) is 11.2 Å². The first-order chi connectivity index (χ1) is 16.2. The second kappa shape index (κ2) is 9.00. The number of carbonyl (C=O) groups excluding carboxylic acids is 2. The van der Waals surface area contributed by atoms with E-state index in [-0.39, 0.29) is 30.0 Å². The zero-order valence-corrected chi connectivity index (χ0v) is 22.1. The zero-order valence-electron chi connectivity index (χ0n) is 22.1. The molecule has 0 aliphatic carbocycles. The maximum atomic E-state index is 13.1. The Labute approximate surface area is 209 Å². The number of carbonyl (C=O) groups is 2. The molecule has 4 rings (SSSR count). The lowest BCUT2D eigenvalue weighted by Crippen LogP contribution is -2.42. The van der Waals surface area contributed by atoms with Gasteiger partial charge in [-0.25, -0.2) is 9.59 Å². The Morgan fingerprint density at radius 1 is 1.00 bits per heavy atom. The predicted molar refractivity (Wildman–Crippen MR) is 133 cm³/mol. The topological polar surface area (TPSA) is 77.5 Å². The van der Waals surface area contributed by atoms with E-state index in [4.69, 9.17) is 18.8 Å². The van der Waals surface area contributed by atoms with Crippen LogP contribution in [0.15, 0.2) is 30.3 Å². The van der Waals surface area contributed by atoms with Crippen LogP contribution in [0.4, 0.5) is 9.59 Å². The fraction of sp³-hybridized carbons (Fsp3) is 0.692. The molecule has 3 saturated heterocycles. The van der Waals surface area contributed by atoms with Crippen LogP contribution in [-0.4, -0.2) is 72.1 Å². The van der Waals surface area contributed by atoms with Gasteiger partial charge < -0.3 is 28.6 Å². The summed E-state index contributed by atoms with van der Waals surface area (Å²) in [5, 5.41) is 0. The number of benzene rings is 1. The first-order valence-electron chi connectivity index (χ1n) is 12.5. The maximum absolute atomic E-state index is 13.1. The minimum atomic E-state index is -0.569. The van der Waals surface area contributed by atoms with Crippen molar-refractivity contribution in [3.63, 3.8) is 0 Å². The molecular weight excluding hydrogens is 447 g/mol. The third-order valence-corrected chi connectivity index (χ3v) is 7.81. The second-order valence-corrected chi connectivity index (χ2v) is 12.2. The van der Waals surface area contributed by atoms with E-state index in [1.807, 2.05) is 78.8 Å². The Kier molecular flexibility index (Phi) is 6.64. The van der Waals surface area contributed by atoms with Gasteiger partial charge in [0.2, 0.25) is 0 Å². The minimum absolute atomic E-state index is 0.0970. The molecule has 1 aromatic rings. The highest BCUT2D eigenvalue weighted by atomic mass is 16.7. The van der Waals surface area contributed by atoms with Crippen molar-refractivity contribution in [3.05, 3.63) is 35.9 Å². The van der Waals surface area contributed by atoms with Crippen molar-refractivity contribution in [1.29, 1.82) is 0 Å². The van der Waals surface area contributed by atoms with Crippen LogP contribution >= 0.6 is 0 Å². The van der Waals surface area contributed by atoms with Gasteiger partial charge in [0.1, 0.15) is 12.2 Å². The van der Waals surface area contributed by atoms with Crippen LogP contribution < -0.4 is 0 Å². The van der Waals surface area contributed by atoms with E-state index in [1.54, 1.807) is 9.80 Å². The molecule has 2 atom stereocenters. The number of likely N-dealkylation sites (tertiary alicyclic amines) is 2. The third-order valence-electron chi connectivity index (χ3n) is 7.81. The van der Waals surface area contributed by atoms with Crippen molar-refractivity contribution in [2.75, 3.05) is 26.2 Å². The van der Waals surface area contributed by atoms with Crippen LogP contribution in [0.3, 0.4) is 0 Å². The van der Waals surface area contributed by atoms with Crippen molar-refractivity contribution < 1.29 is 28.4 Å². The van der Waals surface area contributed by atoms with Gasteiger partial charge in [0.15, 0.2) is 0 Å². The largest absolute Gasteiger partial charge is 0.463 e. The quantitative estimate of drug-likeness (QED) is 0.575. The molecule has 35 heavy (non-hydrogen) atoms. The Morgan fingerprint density at radius 3 is 2.20 bits per heavy atom. The fourth-order valence-corrected chi connectivity index (χ4v) is 5.18. The smallest absolute Gasteiger partial charge is 0.445 e. The van der Waals surface area contributed by atoms with E-state index in [0.717, 1.165) is 12.0 Å². The highest BCUT2D eigenvalue weighted by molar-refractivity contribution is 6.48. The molecule has 8 nitrogen and oxygen atoms in total. The molecular formula is C26H39BN2O6. The molecule has 3 heterocycles. The summed E-state index contributed by atoms with van der Waals surface area (Å²) >= 11 is 0. The number of nitrogens with zero attached hydrogens (tertiary/aromatic N) is 2. The first kappa shape index (κ1) is 25.8. The van der Waals surface area contributed by atoms with Crippen molar-refractivity contribution in [1.82, 2.24) is 9.80 Å². The second-order valence-electron chi connectivity index (χ2n) is 12.2. The van der Waals surface area contributed by atoms with Crippen LogP contribution in [0.1, 0.15) is 60.5 Å². The average molecular weight is 486 g/mol. The summed E-state index contributed by atoms with van der Waals surface area (Å²) in [6, 6.07) is 9.64. The summed E-state index contributed by atoms with van der Waals surface area (Å²) in [5.41, 5.74) is -0.952. The Hall–Kier alpha value is -2.26. The van der Waals surface area contributed by atoms with E-state index >= 15 is 0 Å². The molecule has 1 spiro atoms. The van der Waals surface area contributed by atoms with Crippen molar-refractivity contribution >= 4 is 19.3 Å². The first-order valence-corrected chi connectivity index (χ1v) is 12.5. The lowest BCUT2D eigenvalue weighted by atomic mass is 9.58. The van der Waals surface area contributed by atoms with Gasteiger partial charge in [0.25, 0.3) is 0 Å². The lowest BCUT2D eigenvalue weighted by molar-refractivity contribution is 0.00578. The minimum Gasteiger partial charge on any atom is -0.445 e. The number of hydrogen-bond acceptors (Lipinski definition) is 6. The molecule has 0 aromatic heterocycles. The van der Waals surface area contributed by atoms with Gasteiger partial charge in [-0.2, -0.15) is 0 Å². The Bertz CT molecular complexity index is 931. The molecule has 3 aliphatic rings. The highest BCUT2D eigenvalue weighted by Crippen LogP contribution is 2.53. The van der Waals surface area contributed by atoms with Gasteiger partial charge in [-0.1, -0.05) is 30.3 Å². The van der Waals surface area contributed by atoms with Crippen molar-refractivity contribution in [3.8, 4) is 0 Å². The van der Waals surface area contributed by atoms with Gasteiger partial charge in [-0.05, 0) is 60.5 Å². The molecule has 9 heteroatoms. The van der Waals surface area contributed by atoms with Crippen LogP contribution in [0, 0.1) is 5.41 Å². The zero-order chi connectivity index (χ0) is 25.6. The van der Waals surface area contributed by atoms with Gasteiger partial charge in [0, 0.05) is 37.4 Å². The van der Waals surface area contributed by atoms with Crippen LogP contribution in [-0.2, 0) is 25.4 Å². The van der Waals surface area contributed by atoms with E-state index in [2.05, 4.69) is 0 Å². The SMILES string of the molecule is CC(C)(C)OC(=O)N1CCC2(CN(C(=O)OCc3ccccc3)CC2B2OC(C)(C)C(C)(C)O2)C1. The molecule has 3 aliphatic heterocycles. The molecule has 3 fully saturated rings. The van der Waals surface area contributed by atoms with E-state index in [0.29, 0.717) is 26.2 Å². The monoisotopic (exact) mass is 486 g/mol. The highest BCUT2D eigenvalue weighted by Gasteiger charge is 2.63. The number of ether oxygens (including phenoxy) is 2. The molecule has 0 radical (unpaired) electrons. The van der Waals surface area contributed by atoms with Gasteiger partial charge in [-0.3, -0.25) is 0 Å². The number of rotatable bonds is 3. The van der Waals surface area contributed by atoms with Gasteiger partial charge in [-0.15, -0.1) is 0 Å². The predicted octanol–water partition coefficient (Wildman–Crippen LogP) is 4.73. The summed E-state index contributed by atoms with van der Waals surface area (Å²) in [5.74, 6) is -0.0970. The van der Waals surface area contributed by atoms with Crippen molar-refractivity contribution in [2.45, 2.75) is 84.1 Å². The standard InChI is InChI=1S/C26H39BN2O6/c1-23(2,3)33-22(31)28-14-13-26(17-28)18-29(21(30)32-16-19-11-9-8-10-12-19)15-20(26)27-34-24(4,5)25(6,7)35-27/h8-12,20H,13-18H2,1-7H3. The molecule has 0 bridgehead atoms. The summed E-state index contributed by atoms with van der Waals surface area (Å²) in [7, 11) is -0.481. The van der Waals surface area contributed by atoms with Crippen molar-refractivity contribution in [2.24, 2.45) is 5.41 Å². The van der Waals surface area contributed by atoms with E-state index < -0.39 is 23.9 Å². The lowest BCUT2D eigenvalue weighted by Gasteiger charge is -2.32. The summed E-state index contributed by atoms with van der Waals surface area (Å²) < 4.78 is 24.1. The molecule has 2 unspecified atom stereocenters. The maximum Gasteiger partial charge on any atom is 0.463 e. The Balaban J connectivity index is 1.52. The number of hydrogen-bond donors (Lipinski definition) is 0. The molecule has 2 amide bonds. The molecule has 0 N–H and O–H groups in total. The average Bonchev–Trinajstić information content (AvgIpc) is 3.41. The van der Waals surface area contributed by atoms with E-state index in [1.165, 1.54) is 0 Å². The fourth-order valence-electron chi connectivity index (χ4n) is 5.18. The van der Waals surface area contributed by atoms with Gasteiger partial charge >= 0.3 is 19.3 Å². The summed E-state index contributed by atoms with van der Waals surface area (Å²) in [6.45, 7) is 15.9.